The van der Waals surface area contributed by atoms with Crippen LogP contribution in [0.15, 0.2) is 12.1 Å². The fourth-order valence-electron chi connectivity index (χ4n) is 2.86. The van der Waals surface area contributed by atoms with E-state index in [-0.39, 0.29) is 23.5 Å². The van der Waals surface area contributed by atoms with Gasteiger partial charge in [-0.05, 0) is 44.7 Å². The second-order valence-electron chi connectivity index (χ2n) is 5.97. The van der Waals surface area contributed by atoms with Crippen LogP contribution in [0.25, 0.3) is 0 Å². The molecule has 3 N–H and O–H groups in total. The number of halogens is 3. The number of quaternary nitrogens is 1. The van der Waals surface area contributed by atoms with E-state index in [1.807, 2.05) is 6.92 Å². The lowest BCUT2D eigenvalue weighted by Gasteiger charge is -2.22. The molecule has 4 nitrogen and oxygen atoms in total. The maximum atomic E-state index is 13.6. The summed E-state index contributed by atoms with van der Waals surface area (Å²) in [6.07, 6.45) is 3.29. The van der Waals surface area contributed by atoms with Crippen LogP contribution in [-0.2, 0) is 4.79 Å². The minimum Gasteiger partial charge on any atom is -0.333 e. The van der Waals surface area contributed by atoms with E-state index in [9.17, 15) is 14.4 Å². The predicted molar refractivity (Wildman–Crippen MR) is 86.6 cm³/mol. The van der Waals surface area contributed by atoms with Gasteiger partial charge in [-0.25, -0.2) is 4.39 Å². The molecule has 7 heteroatoms. The summed E-state index contributed by atoms with van der Waals surface area (Å²) >= 11 is 11.8. The Morgan fingerprint density at radius 2 is 2.09 bits per heavy atom. The lowest BCUT2D eigenvalue weighted by molar-refractivity contribution is -0.682. The average Bonchev–Trinajstić information content (AvgIpc) is 2.97. The van der Waals surface area contributed by atoms with Gasteiger partial charge in [0.2, 0.25) is 0 Å². The van der Waals surface area contributed by atoms with Crippen molar-refractivity contribution in [1.82, 2.24) is 5.32 Å². The minimum absolute atomic E-state index is 0.0270. The van der Waals surface area contributed by atoms with Crippen molar-refractivity contribution in [2.75, 3.05) is 6.54 Å². The van der Waals surface area contributed by atoms with Crippen molar-refractivity contribution in [2.45, 2.75) is 44.2 Å². The zero-order valence-electron chi connectivity index (χ0n) is 12.8. The molecule has 0 spiro atoms. The van der Waals surface area contributed by atoms with E-state index in [1.165, 1.54) is 12.1 Å². The number of nitrogens with zero attached hydrogens (tertiary/aromatic N) is 1. The molecule has 1 aliphatic rings. The summed E-state index contributed by atoms with van der Waals surface area (Å²) in [4.78, 5) is 12.1. The lowest BCUT2D eigenvalue weighted by Crippen LogP contribution is -2.87. The molecule has 1 fully saturated rings. The monoisotopic (exact) mass is 358 g/mol. The SMILES string of the molecule is C[C@H]([NH2+]CC(=O)NC1(C#N)CCCC1)c1cc(F)c(Cl)cc1Cl. The van der Waals surface area contributed by atoms with Crippen LogP contribution in [0.5, 0.6) is 0 Å². The molecular formula is C16H19Cl2FN3O+. The number of rotatable bonds is 5. The first-order chi connectivity index (χ1) is 10.9. The molecule has 1 aromatic carbocycles. The Bertz CT molecular complexity index is 639. The van der Waals surface area contributed by atoms with Gasteiger partial charge in [0.1, 0.15) is 17.4 Å². The zero-order valence-corrected chi connectivity index (χ0v) is 14.3. The van der Waals surface area contributed by atoms with E-state index in [0.29, 0.717) is 23.4 Å². The quantitative estimate of drug-likeness (QED) is 0.794. The van der Waals surface area contributed by atoms with Gasteiger partial charge >= 0.3 is 0 Å². The summed E-state index contributed by atoms with van der Waals surface area (Å²) in [5.41, 5.74) is -0.143. The van der Waals surface area contributed by atoms with Gasteiger partial charge in [0.15, 0.2) is 6.54 Å². The van der Waals surface area contributed by atoms with Gasteiger partial charge in [0.05, 0.1) is 16.1 Å². The maximum absolute atomic E-state index is 13.6. The molecule has 0 bridgehead atoms. The molecule has 2 rings (SSSR count). The van der Waals surface area contributed by atoms with Crippen LogP contribution in [0.3, 0.4) is 0 Å². The Hall–Kier alpha value is -1.35. The lowest BCUT2D eigenvalue weighted by atomic mass is 10.00. The predicted octanol–water partition coefficient (Wildman–Crippen LogP) is 2.71. The first-order valence-electron chi connectivity index (χ1n) is 7.57. The molecule has 0 unspecified atom stereocenters. The van der Waals surface area contributed by atoms with Crippen molar-refractivity contribution < 1.29 is 14.5 Å². The Balaban J connectivity index is 1.94. The van der Waals surface area contributed by atoms with Gasteiger partial charge in [-0.1, -0.05) is 23.2 Å². The van der Waals surface area contributed by atoms with Crippen molar-refractivity contribution in [3.63, 3.8) is 0 Å². The van der Waals surface area contributed by atoms with Gasteiger partial charge in [-0.15, -0.1) is 0 Å². The molecule has 0 aliphatic heterocycles. The van der Waals surface area contributed by atoms with Crippen LogP contribution in [0, 0.1) is 17.1 Å². The fraction of sp³-hybridized carbons (Fsp3) is 0.500. The number of nitrogens with two attached hydrogens (primary N) is 1. The molecule has 23 heavy (non-hydrogen) atoms. The summed E-state index contributed by atoms with van der Waals surface area (Å²) in [5, 5.41) is 14.2. The number of benzene rings is 1. The molecule has 0 radical (unpaired) electrons. The molecule has 1 aliphatic carbocycles. The van der Waals surface area contributed by atoms with Gasteiger partial charge in [-0.2, -0.15) is 5.26 Å². The summed E-state index contributed by atoms with van der Waals surface area (Å²) in [5.74, 6) is -0.740. The highest BCUT2D eigenvalue weighted by atomic mass is 35.5. The van der Waals surface area contributed by atoms with Crippen LogP contribution in [0.4, 0.5) is 4.39 Å². The summed E-state index contributed by atoms with van der Waals surface area (Å²) in [7, 11) is 0. The Labute approximate surface area is 145 Å². The zero-order chi connectivity index (χ0) is 17.0. The van der Waals surface area contributed by atoms with E-state index in [2.05, 4.69) is 11.4 Å². The highest BCUT2D eigenvalue weighted by molar-refractivity contribution is 6.35. The molecular weight excluding hydrogens is 340 g/mol. The standard InChI is InChI=1S/C16H18Cl2FN3O/c1-10(11-6-14(19)13(18)7-12(11)17)21-8-15(23)22-16(9-20)4-2-3-5-16/h6-7,10,21H,2-5,8H2,1H3,(H,22,23)/p+1/t10-/m0/s1. The molecule has 1 saturated carbocycles. The van der Waals surface area contributed by atoms with Gasteiger partial charge < -0.3 is 10.6 Å². The maximum Gasteiger partial charge on any atom is 0.276 e. The smallest absolute Gasteiger partial charge is 0.276 e. The van der Waals surface area contributed by atoms with Crippen molar-refractivity contribution in [1.29, 1.82) is 5.26 Å². The summed E-state index contributed by atoms with van der Waals surface area (Å²) in [6.45, 7) is 1.97. The van der Waals surface area contributed by atoms with E-state index in [0.717, 1.165) is 12.8 Å². The van der Waals surface area contributed by atoms with Crippen molar-refractivity contribution in [3.05, 3.63) is 33.6 Å². The third-order valence-electron chi connectivity index (χ3n) is 4.24. The molecule has 1 aromatic rings. The van der Waals surface area contributed by atoms with Crippen molar-refractivity contribution in [2.24, 2.45) is 0 Å². The highest BCUT2D eigenvalue weighted by Crippen LogP contribution is 2.29. The Morgan fingerprint density at radius 1 is 1.43 bits per heavy atom. The van der Waals surface area contributed by atoms with Crippen LogP contribution in [0.2, 0.25) is 10.0 Å². The minimum atomic E-state index is -0.724. The molecule has 0 aromatic heterocycles. The number of carbonyl (C=O) groups excluding carboxylic acids is 1. The fourth-order valence-corrected chi connectivity index (χ4v) is 3.41. The number of carbonyl (C=O) groups is 1. The number of amides is 1. The van der Waals surface area contributed by atoms with E-state index in [4.69, 9.17) is 23.2 Å². The van der Waals surface area contributed by atoms with Crippen LogP contribution < -0.4 is 10.6 Å². The first-order valence-corrected chi connectivity index (χ1v) is 8.32. The Kier molecular flexibility index (Phi) is 5.85. The van der Waals surface area contributed by atoms with E-state index >= 15 is 0 Å². The average molecular weight is 359 g/mol. The van der Waals surface area contributed by atoms with Crippen LogP contribution in [-0.4, -0.2) is 18.0 Å². The highest BCUT2D eigenvalue weighted by Gasteiger charge is 2.35. The molecule has 124 valence electrons. The van der Waals surface area contributed by atoms with E-state index < -0.39 is 11.4 Å². The second-order valence-corrected chi connectivity index (χ2v) is 6.78. The summed E-state index contributed by atoms with van der Waals surface area (Å²) in [6, 6.07) is 4.66. The van der Waals surface area contributed by atoms with Crippen molar-refractivity contribution >= 4 is 29.1 Å². The first kappa shape index (κ1) is 18.0. The molecule has 0 saturated heterocycles. The number of hydrogen-bond acceptors (Lipinski definition) is 2. The normalized spacial score (nSPS) is 17.5. The Morgan fingerprint density at radius 3 is 2.70 bits per heavy atom. The number of nitriles is 1. The molecule has 0 heterocycles. The van der Waals surface area contributed by atoms with Gasteiger partial charge in [0.25, 0.3) is 5.91 Å². The van der Waals surface area contributed by atoms with Crippen LogP contribution in [0.1, 0.15) is 44.2 Å². The van der Waals surface area contributed by atoms with Gasteiger partial charge in [0, 0.05) is 5.56 Å². The number of nitrogens with one attached hydrogen (secondary N) is 1. The topological polar surface area (TPSA) is 69.5 Å². The largest absolute Gasteiger partial charge is 0.333 e. The third kappa shape index (κ3) is 4.35. The van der Waals surface area contributed by atoms with Crippen molar-refractivity contribution in [3.8, 4) is 6.07 Å². The van der Waals surface area contributed by atoms with Crippen LogP contribution >= 0.6 is 23.2 Å². The number of hydrogen-bond donors (Lipinski definition) is 2. The third-order valence-corrected chi connectivity index (χ3v) is 4.85. The van der Waals surface area contributed by atoms with E-state index in [1.54, 1.807) is 5.32 Å². The summed E-state index contributed by atoms with van der Waals surface area (Å²) < 4.78 is 13.6. The molecule has 1 atom stereocenters. The second kappa shape index (κ2) is 7.48. The molecule has 1 amide bonds. The van der Waals surface area contributed by atoms with Gasteiger partial charge in [-0.3, -0.25) is 4.79 Å².